The summed E-state index contributed by atoms with van der Waals surface area (Å²) in [5, 5.41) is 6.72. The molecule has 3 aromatic rings. The molecule has 1 aliphatic heterocycles. The molecule has 10 heteroatoms. The Hall–Kier alpha value is -1.84. The number of carbonyl (C=O) groups is 1. The van der Waals surface area contributed by atoms with E-state index < -0.39 is 0 Å². The number of anilines is 1. The fraction of sp³-hybridized carbons (Fsp3) is 0.273. The van der Waals surface area contributed by atoms with Gasteiger partial charge in [-0.2, -0.15) is 0 Å². The first kappa shape index (κ1) is 23.3. The molecule has 4 rings (SSSR count). The minimum Gasteiger partial charge on any atom is -0.368 e. The van der Waals surface area contributed by atoms with E-state index in [1.807, 2.05) is 24.7 Å². The maximum absolute atomic E-state index is 11.8. The van der Waals surface area contributed by atoms with Gasteiger partial charge in [-0.05, 0) is 42.0 Å². The molecule has 0 bridgehead atoms. The number of nitrogens with two attached hydrogens (primary N) is 1. The van der Waals surface area contributed by atoms with Crippen LogP contribution in [0.15, 0.2) is 66.1 Å². The third-order valence-electron chi connectivity index (χ3n) is 5.36. The molecule has 1 amide bonds. The van der Waals surface area contributed by atoms with Crippen LogP contribution in [-0.4, -0.2) is 45.9 Å². The van der Waals surface area contributed by atoms with Crippen molar-refractivity contribution in [3.8, 4) is 0 Å². The Morgan fingerprint density at radius 2 is 1.84 bits per heavy atom. The van der Waals surface area contributed by atoms with Crippen LogP contribution >= 0.6 is 46.9 Å². The molecular formula is C22H23Cl2N5OS2. The number of amides is 1. The summed E-state index contributed by atoms with van der Waals surface area (Å²) in [6.07, 6.45) is 5.54. The molecule has 1 aliphatic rings. The lowest BCUT2D eigenvalue weighted by molar-refractivity contribution is 0.219. The van der Waals surface area contributed by atoms with Crippen LogP contribution in [0, 0.1) is 0 Å². The van der Waals surface area contributed by atoms with Gasteiger partial charge in [-0.3, -0.25) is 9.93 Å². The maximum Gasteiger partial charge on any atom is 0.296 e. The van der Waals surface area contributed by atoms with Crippen molar-refractivity contribution in [3.63, 3.8) is 0 Å². The van der Waals surface area contributed by atoms with Gasteiger partial charge in [0.2, 0.25) is 0 Å². The van der Waals surface area contributed by atoms with E-state index in [9.17, 15) is 4.79 Å². The summed E-state index contributed by atoms with van der Waals surface area (Å²) < 4.78 is 2.05. The first-order valence-electron chi connectivity index (χ1n) is 10.1. The summed E-state index contributed by atoms with van der Waals surface area (Å²) in [7, 11) is 0. The highest BCUT2D eigenvalue weighted by molar-refractivity contribution is 8.11. The van der Waals surface area contributed by atoms with Gasteiger partial charge < -0.3 is 14.4 Å². The van der Waals surface area contributed by atoms with Crippen LogP contribution in [-0.2, 0) is 6.54 Å². The number of thioether (sulfide) groups is 1. The van der Waals surface area contributed by atoms with Crippen molar-refractivity contribution in [1.29, 1.82) is 0 Å². The zero-order chi connectivity index (χ0) is 22.5. The van der Waals surface area contributed by atoms with Gasteiger partial charge in [0.25, 0.3) is 5.24 Å². The third-order valence-corrected chi connectivity index (χ3v) is 7.62. The standard InChI is InChI=1S/C22H23Cl2N5OS2/c23-16-1-6-19(20(24)13-16)21(14-27-8-7-26-15-27)31-18-4-2-17(3-5-18)28-9-11-29(12-10-28)22(30)32-25/h1-8,13,15,21H,9-12,14,25H2. The molecule has 1 aromatic heterocycles. The zero-order valence-electron chi connectivity index (χ0n) is 17.2. The fourth-order valence-corrected chi connectivity index (χ4v) is 5.81. The van der Waals surface area contributed by atoms with Gasteiger partial charge >= 0.3 is 0 Å². The van der Waals surface area contributed by atoms with Crippen LogP contribution in [0.1, 0.15) is 10.8 Å². The second-order valence-corrected chi connectivity index (χ2v) is 10.1. The smallest absolute Gasteiger partial charge is 0.296 e. The number of carbonyl (C=O) groups excluding carboxylic acids is 1. The summed E-state index contributed by atoms with van der Waals surface area (Å²) in [4.78, 5) is 21.1. The molecule has 0 radical (unpaired) electrons. The molecular weight excluding hydrogens is 485 g/mol. The van der Waals surface area contributed by atoms with Gasteiger partial charge in [0, 0.05) is 77.7 Å². The predicted octanol–water partition coefficient (Wildman–Crippen LogP) is 5.57. The minimum absolute atomic E-state index is 0.0683. The lowest BCUT2D eigenvalue weighted by atomic mass is 10.1. The summed E-state index contributed by atoms with van der Waals surface area (Å²) in [5.74, 6) is 0. The van der Waals surface area contributed by atoms with Gasteiger partial charge in [-0.15, -0.1) is 11.8 Å². The normalized spacial score (nSPS) is 15.1. The van der Waals surface area contributed by atoms with Crippen LogP contribution in [0.2, 0.25) is 10.0 Å². The van der Waals surface area contributed by atoms with Gasteiger partial charge in [-0.1, -0.05) is 29.3 Å². The largest absolute Gasteiger partial charge is 0.368 e. The molecule has 0 saturated carbocycles. The highest BCUT2D eigenvalue weighted by Gasteiger charge is 2.22. The van der Waals surface area contributed by atoms with E-state index in [0.717, 1.165) is 47.7 Å². The van der Waals surface area contributed by atoms with E-state index in [1.165, 1.54) is 0 Å². The number of imidazole rings is 1. The van der Waals surface area contributed by atoms with Crippen molar-refractivity contribution in [2.45, 2.75) is 16.7 Å². The molecule has 2 N–H and O–H groups in total. The quantitative estimate of drug-likeness (QED) is 0.347. The highest BCUT2D eigenvalue weighted by Crippen LogP contribution is 2.40. The Kier molecular flexibility index (Phi) is 7.91. The van der Waals surface area contributed by atoms with E-state index in [4.69, 9.17) is 28.3 Å². The molecule has 0 spiro atoms. The maximum atomic E-state index is 11.8. The minimum atomic E-state index is -0.0683. The van der Waals surface area contributed by atoms with Crippen molar-refractivity contribution in [2.75, 3.05) is 31.1 Å². The Labute approximate surface area is 206 Å². The first-order chi connectivity index (χ1) is 15.5. The molecule has 1 atom stereocenters. The number of rotatable bonds is 6. The average molecular weight is 509 g/mol. The van der Waals surface area contributed by atoms with Crippen molar-refractivity contribution in [2.24, 2.45) is 5.14 Å². The van der Waals surface area contributed by atoms with E-state index in [-0.39, 0.29) is 10.5 Å². The number of hydrogen-bond donors (Lipinski definition) is 1. The molecule has 32 heavy (non-hydrogen) atoms. The lowest BCUT2D eigenvalue weighted by Gasteiger charge is -2.35. The van der Waals surface area contributed by atoms with E-state index in [1.54, 1.807) is 28.9 Å². The van der Waals surface area contributed by atoms with Gasteiger partial charge in [0.15, 0.2) is 0 Å². The Morgan fingerprint density at radius 1 is 1.09 bits per heavy atom. The Morgan fingerprint density at radius 3 is 2.47 bits per heavy atom. The fourth-order valence-electron chi connectivity index (χ4n) is 3.67. The molecule has 6 nitrogen and oxygen atoms in total. The average Bonchev–Trinajstić information content (AvgIpc) is 3.32. The van der Waals surface area contributed by atoms with Crippen LogP contribution in [0.25, 0.3) is 0 Å². The summed E-state index contributed by atoms with van der Waals surface area (Å²) in [5.41, 5.74) is 2.19. The second kappa shape index (κ2) is 10.9. The molecule has 168 valence electrons. The van der Waals surface area contributed by atoms with Crippen molar-refractivity contribution in [3.05, 3.63) is 76.8 Å². The summed E-state index contributed by atoms with van der Waals surface area (Å²) in [6.45, 7) is 3.69. The lowest BCUT2D eigenvalue weighted by Crippen LogP contribution is -2.47. The molecule has 2 heterocycles. The topological polar surface area (TPSA) is 67.4 Å². The van der Waals surface area contributed by atoms with E-state index in [2.05, 4.69) is 38.7 Å². The van der Waals surface area contributed by atoms with Crippen LogP contribution in [0.4, 0.5) is 10.5 Å². The number of piperazine rings is 1. The summed E-state index contributed by atoms with van der Waals surface area (Å²) in [6, 6.07) is 14.2. The Bertz CT molecular complexity index is 1040. The first-order valence-corrected chi connectivity index (χ1v) is 12.6. The third kappa shape index (κ3) is 5.74. The molecule has 1 fully saturated rings. The van der Waals surface area contributed by atoms with Crippen LogP contribution < -0.4 is 10.0 Å². The van der Waals surface area contributed by atoms with E-state index in [0.29, 0.717) is 23.1 Å². The van der Waals surface area contributed by atoms with Gasteiger partial charge in [-0.25, -0.2) is 4.98 Å². The molecule has 1 saturated heterocycles. The zero-order valence-corrected chi connectivity index (χ0v) is 20.4. The van der Waals surface area contributed by atoms with Crippen molar-refractivity contribution < 1.29 is 4.79 Å². The number of benzene rings is 2. The molecule has 2 aromatic carbocycles. The molecule has 1 unspecified atom stereocenters. The SMILES string of the molecule is NSC(=O)N1CCN(c2ccc(SC(Cn3ccnc3)c3ccc(Cl)cc3Cl)cc2)CC1. The van der Waals surface area contributed by atoms with Crippen LogP contribution in [0.3, 0.4) is 0 Å². The number of hydrogen-bond acceptors (Lipinski definition) is 6. The highest BCUT2D eigenvalue weighted by atomic mass is 35.5. The molecule has 0 aliphatic carbocycles. The Balaban J connectivity index is 1.46. The van der Waals surface area contributed by atoms with E-state index >= 15 is 0 Å². The summed E-state index contributed by atoms with van der Waals surface area (Å²) >= 11 is 15.2. The van der Waals surface area contributed by atoms with Gasteiger partial charge in [0.05, 0.1) is 11.6 Å². The van der Waals surface area contributed by atoms with Crippen molar-refractivity contribution in [1.82, 2.24) is 14.5 Å². The van der Waals surface area contributed by atoms with Crippen molar-refractivity contribution >= 4 is 57.8 Å². The van der Waals surface area contributed by atoms with Gasteiger partial charge in [0.1, 0.15) is 0 Å². The number of aromatic nitrogens is 2. The number of nitrogens with zero attached hydrogens (tertiary/aromatic N) is 4. The number of halogens is 2. The second-order valence-electron chi connectivity index (χ2n) is 7.38. The predicted molar refractivity (Wildman–Crippen MR) is 135 cm³/mol. The van der Waals surface area contributed by atoms with Crippen LogP contribution in [0.5, 0.6) is 0 Å². The monoisotopic (exact) mass is 507 g/mol.